The van der Waals surface area contributed by atoms with Crippen molar-refractivity contribution >= 4 is 0 Å². The van der Waals surface area contributed by atoms with Gasteiger partial charge in [-0.2, -0.15) is 0 Å². The fraction of sp³-hybridized carbons (Fsp3) is 0.571. The summed E-state index contributed by atoms with van der Waals surface area (Å²) in [7, 11) is 0. The van der Waals surface area contributed by atoms with E-state index in [0.29, 0.717) is 12.0 Å². The maximum Gasteiger partial charge on any atom is 0.263 e. The average Bonchev–Trinajstić information content (AvgIpc) is 2.89. The van der Waals surface area contributed by atoms with Crippen LogP contribution in [0.2, 0.25) is 0 Å². The Bertz CT molecular complexity index is 359. The standard InChI is InChI=1S/C14H18F2O2/c15-14(16)11-5-3-10(4-6-11)13(17)8-7-12-2-1-9-18-12/h3-6,12-14,17H,1-2,7-9H2. The molecule has 0 aliphatic carbocycles. The highest BCUT2D eigenvalue weighted by molar-refractivity contribution is 5.24. The smallest absolute Gasteiger partial charge is 0.263 e. The van der Waals surface area contributed by atoms with Crippen LogP contribution in [0.4, 0.5) is 8.78 Å². The van der Waals surface area contributed by atoms with E-state index >= 15 is 0 Å². The Labute approximate surface area is 106 Å². The quantitative estimate of drug-likeness (QED) is 0.872. The molecule has 2 atom stereocenters. The number of ether oxygens (including phenoxy) is 1. The van der Waals surface area contributed by atoms with Gasteiger partial charge in [0.1, 0.15) is 0 Å². The van der Waals surface area contributed by atoms with Gasteiger partial charge >= 0.3 is 0 Å². The topological polar surface area (TPSA) is 29.5 Å². The van der Waals surface area contributed by atoms with Crippen LogP contribution in [-0.4, -0.2) is 17.8 Å². The number of aliphatic hydroxyl groups excluding tert-OH is 1. The Morgan fingerprint density at radius 3 is 2.44 bits per heavy atom. The normalized spacial score (nSPS) is 21.4. The Morgan fingerprint density at radius 1 is 1.22 bits per heavy atom. The van der Waals surface area contributed by atoms with Crippen LogP contribution in [0.5, 0.6) is 0 Å². The van der Waals surface area contributed by atoms with E-state index in [4.69, 9.17) is 4.74 Å². The van der Waals surface area contributed by atoms with Gasteiger partial charge in [-0.15, -0.1) is 0 Å². The molecule has 0 spiro atoms. The minimum Gasteiger partial charge on any atom is -0.388 e. The van der Waals surface area contributed by atoms with Crippen LogP contribution >= 0.6 is 0 Å². The van der Waals surface area contributed by atoms with Crippen molar-refractivity contribution in [3.05, 3.63) is 35.4 Å². The molecule has 1 aromatic carbocycles. The largest absolute Gasteiger partial charge is 0.388 e. The molecule has 1 aliphatic heterocycles. The molecule has 0 radical (unpaired) electrons. The summed E-state index contributed by atoms with van der Waals surface area (Å²) in [6.07, 6.45) is 0.765. The molecule has 1 aliphatic rings. The highest BCUT2D eigenvalue weighted by Crippen LogP contribution is 2.26. The fourth-order valence-electron chi connectivity index (χ4n) is 2.25. The molecule has 2 rings (SSSR count). The lowest BCUT2D eigenvalue weighted by atomic mass is 10.0. The van der Waals surface area contributed by atoms with Gasteiger partial charge in [-0.05, 0) is 31.2 Å². The van der Waals surface area contributed by atoms with Crippen molar-refractivity contribution in [2.75, 3.05) is 6.61 Å². The number of hydrogen-bond acceptors (Lipinski definition) is 2. The lowest BCUT2D eigenvalue weighted by Crippen LogP contribution is -2.08. The van der Waals surface area contributed by atoms with Crippen LogP contribution < -0.4 is 0 Å². The third-order valence-corrected chi connectivity index (χ3v) is 3.36. The van der Waals surface area contributed by atoms with Gasteiger partial charge in [-0.1, -0.05) is 24.3 Å². The first-order chi connectivity index (χ1) is 8.66. The SMILES string of the molecule is OC(CCC1CCCO1)c1ccc(C(F)F)cc1. The predicted octanol–water partition coefficient (Wildman–Crippen LogP) is 3.62. The lowest BCUT2D eigenvalue weighted by molar-refractivity contribution is 0.0812. The van der Waals surface area contributed by atoms with Crippen molar-refractivity contribution in [1.29, 1.82) is 0 Å². The first kappa shape index (κ1) is 13.4. The number of benzene rings is 1. The summed E-state index contributed by atoms with van der Waals surface area (Å²) in [5.74, 6) is 0. The summed E-state index contributed by atoms with van der Waals surface area (Å²) < 4.78 is 30.2. The molecule has 1 aromatic rings. The first-order valence-electron chi connectivity index (χ1n) is 6.34. The van der Waals surface area contributed by atoms with E-state index in [1.807, 2.05) is 0 Å². The Hall–Kier alpha value is -1.00. The third-order valence-electron chi connectivity index (χ3n) is 3.36. The van der Waals surface area contributed by atoms with Crippen molar-refractivity contribution in [2.24, 2.45) is 0 Å². The number of aliphatic hydroxyl groups is 1. The van der Waals surface area contributed by atoms with Crippen molar-refractivity contribution in [1.82, 2.24) is 0 Å². The molecule has 1 saturated heterocycles. The summed E-state index contributed by atoms with van der Waals surface area (Å²) in [4.78, 5) is 0. The van der Waals surface area contributed by atoms with E-state index in [1.54, 1.807) is 12.1 Å². The Morgan fingerprint density at radius 2 is 1.89 bits per heavy atom. The van der Waals surface area contributed by atoms with Crippen LogP contribution in [-0.2, 0) is 4.74 Å². The molecule has 1 heterocycles. The van der Waals surface area contributed by atoms with Gasteiger partial charge in [0.05, 0.1) is 12.2 Å². The molecule has 18 heavy (non-hydrogen) atoms. The zero-order valence-corrected chi connectivity index (χ0v) is 10.2. The van der Waals surface area contributed by atoms with Crippen LogP contribution in [0, 0.1) is 0 Å². The van der Waals surface area contributed by atoms with E-state index in [2.05, 4.69) is 0 Å². The maximum absolute atomic E-state index is 12.4. The van der Waals surface area contributed by atoms with Gasteiger partial charge in [-0.25, -0.2) is 8.78 Å². The van der Waals surface area contributed by atoms with E-state index < -0.39 is 12.5 Å². The highest BCUT2D eigenvalue weighted by atomic mass is 19.3. The van der Waals surface area contributed by atoms with Gasteiger partial charge < -0.3 is 9.84 Å². The number of alkyl halides is 2. The molecule has 0 saturated carbocycles. The molecule has 100 valence electrons. The zero-order valence-electron chi connectivity index (χ0n) is 10.2. The maximum atomic E-state index is 12.4. The van der Waals surface area contributed by atoms with E-state index in [9.17, 15) is 13.9 Å². The zero-order chi connectivity index (χ0) is 13.0. The minimum absolute atomic E-state index is 0.00919. The minimum atomic E-state index is -2.46. The molecule has 2 unspecified atom stereocenters. The summed E-state index contributed by atoms with van der Waals surface area (Å²) in [6, 6.07) is 5.88. The lowest BCUT2D eigenvalue weighted by Gasteiger charge is -2.14. The van der Waals surface area contributed by atoms with E-state index in [1.165, 1.54) is 12.1 Å². The van der Waals surface area contributed by atoms with Crippen molar-refractivity contribution < 1.29 is 18.6 Å². The second-order valence-electron chi connectivity index (χ2n) is 4.70. The van der Waals surface area contributed by atoms with Gasteiger partial charge in [0.25, 0.3) is 6.43 Å². The van der Waals surface area contributed by atoms with E-state index in [-0.39, 0.29) is 11.7 Å². The predicted molar refractivity (Wildman–Crippen MR) is 64.6 cm³/mol. The molecule has 4 heteroatoms. The molecule has 0 bridgehead atoms. The average molecular weight is 256 g/mol. The van der Waals surface area contributed by atoms with Crippen molar-refractivity contribution in [3.8, 4) is 0 Å². The van der Waals surface area contributed by atoms with Crippen LogP contribution in [0.3, 0.4) is 0 Å². The molecule has 1 N–H and O–H groups in total. The van der Waals surface area contributed by atoms with Crippen molar-refractivity contribution in [3.63, 3.8) is 0 Å². The summed E-state index contributed by atoms with van der Waals surface area (Å²) in [5, 5.41) is 9.97. The van der Waals surface area contributed by atoms with Gasteiger partial charge in [0.15, 0.2) is 0 Å². The van der Waals surface area contributed by atoms with Gasteiger partial charge in [0, 0.05) is 12.2 Å². The molecule has 1 fully saturated rings. The number of halogens is 2. The number of hydrogen-bond donors (Lipinski definition) is 1. The Balaban J connectivity index is 1.85. The summed E-state index contributed by atoms with van der Waals surface area (Å²) >= 11 is 0. The molecular formula is C14H18F2O2. The summed E-state index contributed by atoms with van der Waals surface area (Å²) in [5.41, 5.74) is 0.683. The van der Waals surface area contributed by atoms with Crippen LogP contribution in [0.15, 0.2) is 24.3 Å². The van der Waals surface area contributed by atoms with E-state index in [0.717, 1.165) is 25.9 Å². The second-order valence-corrected chi connectivity index (χ2v) is 4.70. The Kier molecular flexibility index (Phi) is 4.66. The second kappa shape index (κ2) is 6.25. The van der Waals surface area contributed by atoms with Gasteiger partial charge in [0.2, 0.25) is 0 Å². The summed E-state index contributed by atoms with van der Waals surface area (Å²) in [6.45, 7) is 0.809. The molecule has 2 nitrogen and oxygen atoms in total. The van der Waals surface area contributed by atoms with Crippen molar-refractivity contribution in [2.45, 2.75) is 44.3 Å². The van der Waals surface area contributed by atoms with Crippen LogP contribution in [0.25, 0.3) is 0 Å². The third kappa shape index (κ3) is 3.50. The molecule has 0 amide bonds. The monoisotopic (exact) mass is 256 g/mol. The number of rotatable bonds is 5. The highest BCUT2D eigenvalue weighted by Gasteiger charge is 2.18. The van der Waals surface area contributed by atoms with Crippen LogP contribution in [0.1, 0.15) is 49.3 Å². The molecular weight excluding hydrogens is 238 g/mol. The fourth-order valence-corrected chi connectivity index (χ4v) is 2.25. The molecule has 0 aromatic heterocycles. The first-order valence-corrected chi connectivity index (χ1v) is 6.34. The van der Waals surface area contributed by atoms with Gasteiger partial charge in [-0.3, -0.25) is 0 Å².